The first-order valence-corrected chi connectivity index (χ1v) is 6.11. The van der Waals surface area contributed by atoms with E-state index in [0.29, 0.717) is 12.5 Å². The highest BCUT2D eigenvalue weighted by atomic mass is 16.5. The molecule has 0 saturated carbocycles. The van der Waals surface area contributed by atoms with Crippen LogP contribution in [0.3, 0.4) is 0 Å². The lowest BCUT2D eigenvalue weighted by molar-refractivity contribution is 0.302. The molecule has 0 bridgehead atoms. The van der Waals surface area contributed by atoms with Crippen LogP contribution in [0.25, 0.3) is 0 Å². The van der Waals surface area contributed by atoms with E-state index in [1.807, 2.05) is 30.3 Å². The predicted molar refractivity (Wildman–Crippen MR) is 68.4 cm³/mol. The Morgan fingerprint density at radius 2 is 1.83 bits per heavy atom. The monoisotopic (exact) mass is 241 g/mol. The Kier molecular flexibility index (Phi) is 3.19. The van der Waals surface area contributed by atoms with Crippen LogP contribution in [0.4, 0.5) is 0 Å². The van der Waals surface area contributed by atoms with E-state index >= 15 is 0 Å². The molecule has 1 aromatic heterocycles. The molecule has 1 aliphatic heterocycles. The molecule has 4 heteroatoms. The van der Waals surface area contributed by atoms with E-state index in [1.54, 1.807) is 12.4 Å². The summed E-state index contributed by atoms with van der Waals surface area (Å²) in [4.78, 5) is 8.67. The summed E-state index contributed by atoms with van der Waals surface area (Å²) in [5, 5.41) is 3.21. The van der Waals surface area contributed by atoms with Crippen molar-refractivity contribution in [1.82, 2.24) is 15.3 Å². The molecular formula is C14H15N3O. The summed E-state index contributed by atoms with van der Waals surface area (Å²) in [7, 11) is 0. The normalized spacial score (nSPS) is 15.1. The Morgan fingerprint density at radius 1 is 1.11 bits per heavy atom. The van der Waals surface area contributed by atoms with Gasteiger partial charge in [0.25, 0.3) is 0 Å². The SMILES string of the molecule is c1ccc(COc2cnc(C3CNC3)nc2)cc1. The molecule has 1 aromatic carbocycles. The van der Waals surface area contributed by atoms with Gasteiger partial charge in [-0.25, -0.2) is 9.97 Å². The first-order chi connectivity index (χ1) is 8.92. The maximum atomic E-state index is 5.64. The Balaban J connectivity index is 1.59. The Bertz CT molecular complexity index is 494. The van der Waals surface area contributed by atoms with Crippen molar-refractivity contribution in [3.63, 3.8) is 0 Å². The van der Waals surface area contributed by atoms with Crippen LogP contribution >= 0.6 is 0 Å². The van der Waals surface area contributed by atoms with Gasteiger partial charge in [-0.1, -0.05) is 30.3 Å². The number of rotatable bonds is 4. The van der Waals surface area contributed by atoms with Gasteiger partial charge >= 0.3 is 0 Å². The fourth-order valence-electron chi connectivity index (χ4n) is 1.82. The van der Waals surface area contributed by atoms with Crippen molar-refractivity contribution in [2.45, 2.75) is 12.5 Å². The molecule has 0 aliphatic carbocycles. The van der Waals surface area contributed by atoms with Gasteiger partial charge in [0.2, 0.25) is 0 Å². The average Bonchev–Trinajstić information content (AvgIpc) is 2.37. The molecule has 2 heterocycles. The molecule has 0 radical (unpaired) electrons. The molecule has 0 spiro atoms. The minimum Gasteiger partial charge on any atom is -0.486 e. The number of benzene rings is 1. The number of nitrogens with zero attached hydrogens (tertiary/aromatic N) is 2. The highest BCUT2D eigenvalue weighted by Crippen LogP contribution is 2.17. The summed E-state index contributed by atoms with van der Waals surface area (Å²) in [6, 6.07) is 10.1. The van der Waals surface area contributed by atoms with E-state index in [2.05, 4.69) is 15.3 Å². The average molecular weight is 241 g/mol. The van der Waals surface area contributed by atoms with Crippen molar-refractivity contribution in [2.24, 2.45) is 0 Å². The van der Waals surface area contributed by atoms with Gasteiger partial charge in [-0.05, 0) is 5.56 Å². The summed E-state index contributed by atoms with van der Waals surface area (Å²) in [6.45, 7) is 2.50. The molecule has 1 N–H and O–H groups in total. The van der Waals surface area contributed by atoms with E-state index in [0.717, 1.165) is 30.2 Å². The number of hydrogen-bond donors (Lipinski definition) is 1. The van der Waals surface area contributed by atoms with E-state index in [1.165, 1.54) is 0 Å². The second-order valence-corrected chi connectivity index (χ2v) is 4.41. The predicted octanol–water partition coefficient (Wildman–Crippen LogP) is 1.74. The standard InChI is InChI=1S/C14H15N3O/c1-2-4-11(5-3-1)10-18-13-8-16-14(17-9-13)12-6-15-7-12/h1-5,8-9,12,15H,6-7,10H2. The third-order valence-corrected chi connectivity index (χ3v) is 3.04. The lowest BCUT2D eigenvalue weighted by Crippen LogP contribution is -2.40. The lowest BCUT2D eigenvalue weighted by atomic mass is 10.0. The van der Waals surface area contributed by atoms with Gasteiger partial charge in [0.05, 0.1) is 12.4 Å². The topological polar surface area (TPSA) is 47.0 Å². The van der Waals surface area contributed by atoms with Gasteiger partial charge in [-0.2, -0.15) is 0 Å². The van der Waals surface area contributed by atoms with Crippen LogP contribution < -0.4 is 10.1 Å². The summed E-state index contributed by atoms with van der Waals surface area (Å²) in [5.74, 6) is 2.09. The first-order valence-electron chi connectivity index (χ1n) is 6.11. The molecule has 2 aromatic rings. The summed E-state index contributed by atoms with van der Waals surface area (Å²) in [5.41, 5.74) is 1.14. The van der Waals surface area contributed by atoms with Crippen LogP contribution in [-0.4, -0.2) is 23.1 Å². The molecule has 1 fully saturated rings. The third-order valence-electron chi connectivity index (χ3n) is 3.04. The molecule has 4 nitrogen and oxygen atoms in total. The highest BCUT2D eigenvalue weighted by molar-refractivity contribution is 5.18. The Labute approximate surface area is 106 Å². The highest BCUT2D eigenvalue weighted by Gasteiger charge is 2.21. The maximum absolute atomic E-state index is 5.64. The lowest BCUT2D eigenvalue weighted by Gasteiger charge is -2.25. The zero-order chi connectivity index (χ0) is 12.2. The minimum atomic E-state index is 0.466. The third kappa shape index (κ3) is 2.49. The Morgan fingerprint density at radius 3 is 2.44 bits per heavy atom. The van der Waals surface area contributed by atoms with Crippen LogP contribution in [0.1, 0.15) is 17.3 Å². The van der Waals surface area contributed by atoms with Crippen molar-refractivity contribution in [3.05, 3.63) is 54.1 Å². The van der Waals surface area contributed by atoms with Crippen LogP contribution in [0.2, 0.25) is 0 Å². The molecule has 3 rings (SSSR count). The summed E-state index contributed by atoms with van der Waals surface area (Å²) in [6.07, 6.45) is 3.51. The number of nitrogens with one attached hydrogen (secondary N) is 1. The van der Waals surface area contributed by atoms with Gasteiger partial charge in [0.1, 0.15) is 12.4 Å². The van der Waals surface area contributed by atoms with E-state index in [9.17, 15) is 0 Å². The zero-order valence-corrected chi connectivity index (χ0v) is 10.0. The van der Waals surface area contributed by atoms with Gasteiger partial charge in [0, 0.05) is 19.0 Å². The van der Waals surface area contributed by atoms with E-state index < -0.39 is 0 Å². The number of ether oxygens (including phenoxy) is 1. The molecular weight excluding hydrogens is 226 g/mol. The molecule has 92 valence electrons. The number of hydrogen-bond acceptors (Lipinski definition) is 4. The summed E-state index contributed by atoms with van der Waals surface area (Å²) < 4.78 is 5.64. The molecule has 18 heavy (non-hydrogen) atoms. The Hall–Kier alpha value is -1.94. The van der Waals surface area contributed by atoms with Crippen LogP contribution in [-0.2, 0) is 6.61 Å². The van der Waals surface area contributed by atoms with E-state index in [-0.39, 0.29) is 0 Å². The van der Waals surface area contributed by atoms with Gasteiger partial charge in [0.15, 0.2) is 5.75 Å². The smallest absolute Gasteiger partial charge is 0.156 e. The largest absolute Gasteiger partial charge is 0.486 e. The zero-order valence-electron chi connectivity index (χ0n) is 10.0. The molecule has 1 saturated heterocycles. The molecule has 0 atom stereocenters. The van der Waals surface area contributed by atoms with Gasteiger partial charge in [-0.15, -0.1) is 0 Å². The molecule has 0 amide bonds. The van der Waals surface area contributed by atoms with Crippen molar-refractivity contribution in [3.8, 4) is 5.75 Å². The van der Waals surface area contributed by atoms with Crippen molar-refractivity contribution in [2.75, 3.05) is 13.1 Å². The number of aromatic nitrogens is 2. The summed E-state index contributed by atoms with van der Waals surface area (Å²) >= 11 is 0. The van der Waals surface area contributed by atoms with Crippen LogP contribution in [0, 0.1) is 0 Å². The van der Waals surface area contributed by atoms with Crippen LogP contribution in [0.15, 0.2) is 42.7 Å². The van der Waals surface area contributed by atoms with E-state index in [4.69, 9.17) is 4.74 Å². The van der Waals surface area contributed by atoms with Crippen molar-refractivity contribution in [1.29, 1.82) is 0 Å². The van der Waals surface area contributed by atoms with Crippen molar-refractivity contribution < 1.29 is 4.74 Å². The molecule has 0 unspecified atom stereocenters. The quantitative estimate of drug-likeness (QED) is 0.885. The first kappa shape index (κ1) is 11.2. The minimum absolute atomic E-state index is 0.466. The fraction of sp³-hybridized carbons (Fsp3) is 0.286. The second kappa shape index (κ2) is 5.14. The fourth-order valence-corrected chi connectivity index (χ4v) is 1.82. The van der Waals surface area contributed by atoms with Crippen molar-refractivity contribution >= 4 is 0 Å². The maximum Gasteiger partial charge on any atom is 0.156 e. The molecule has 1 aliphatic rings. The van der Waals surface area contributed by atoms with Crippen LogP contribution in [0.5, 0.6) is 5.75 Å². The second-order valence-electron chi connectivity index (χ2n) is 4.41. The van der Waals surface area contributed by atoms with Gasteiger partial charge < -0.3 is 10.1 Å². The van der Waals surface area contributed by atoms with Gasteiger partial charge in [-0.3, -0.25) is 0 Å².